The first-order chi connectivity index (χ1) is 10.0. The number of nitrogens with zero attached hydrogens (tertiary/aromatic N) is 2. The maximum Gasteiger partial charge on any atom is 0.165 e. The van der Waals surface area contributed by atoms with Crippen LogP contribution in [0.25, 0.3) is 0 Å². The quantitative estimate of drug-likeness (QED) is 0.872. The third kappa shape index (κ3) is 3.61. The molecule has 0 aliphatic carbocycles. The minimum absolute atomic E-state index is 0.119. The third-order valence-corrected chi connectivity index (χ3v) is 3.29. The van der Waals surface area contributed by atoms with Gasteiger partial charge in [0.15, 0.2) is 5.75 Å². The molecule has 4 nitrogen and oxygen atoms in total. The molecule has 0 saturated heterocycles. The van der Waals surface area contributed by atoms with Gasteiger partial charge in [0.05, 0.1) is 12.4 Å². The molecule has 0 bridgehead atoms. The Kier molecular flexibility index (Phi) is 4.96. The van der Waals surface area contributed by atoms with Gasteiger partial charge in [-0.3, -0.25) is 4.68 Å². The molecular formula is C16H22FN3O. The molecule has 1 N–H and O–H groups in total. The predicted octanol–water partition coefficient (Wildman–Crippen LogP) is 4.07. The van der Waals surface area contributed by atoms with E-state index in [9.17, 15) is 4.39 Å². The summed E-state index contributed by atoms with van der Waals surface area (Å²) in [5.74, 6) is 0.864. The minimum atomic E-state index is -0.266. The number of benzene rings is 1. The molecule has 21 heavy (non-hydrogen) atoms. The van der Waals surface area contributed by atoms with Crippen LogP contribution < -0.4 is 10.1 Å². The van der Waals surface area contributed by atoms with Crippen molar-refractivity contribution in [3.05, 3.63) is 42.0 Å². The summed E-state index contributed by atoms with van der Waals surface area (Å²) in [6.45, 7) is 8.76. The maximum atomic E-state index is 14.1. The van der Waals surface area contributed by atoms with Crippen LogP contribution in [0.2, 0.25) is 0 Å². The lowest BCUT2D eigenvalue weighted by atomic mass is 10.1. The summed E-state index contributed by atoms with van der Waals surface area (Å²) in [6.07, 6.45) is 3.46. The number of ether oxygens (including phenoxy) is 1. The van der Waals surface area contributed by atoms with E-state index in [1.54, 1.807) is 18.3 Å². The van der Waals surface area contributed by atoms with Crippen LogP contribution in [0.4, 0.5) is 4.39 Å². The largest absolute Gasteiger partial charge is 0.454 e. The van der Waals surface area contributed by atoms with Crippen molar-refractivity contribution in [1.29, 1.82) is 0 Å². The highest BCUT2D eigenvalue weighted by Crippen LogP contribution is 2.31. The summed E-state index contributed by atoms with van der Waals surface area (Å²) in [7, 11) is 0. The SMILES string of the molecule is CCNC(C)c1c(F)cccc1Oc1cnn(C(C)C)c1. The van der Waals surface area contributed by atoms with Crippen molar-refractivity contribution in [3.8, 4) is 11.5 Å². The van der Waals surface area contributed by atoms with E-state index in [2.05, 4.69) is 10.4 Å². The van der Waals surface area contributed by atoms with Gasteiger partial charge in [0.25, 0.3) is 0 Å². The Hall–Kier alpha value is -1.88. The zero-order valence-corrected chi connectivity index (χ0v) is 12.9. The molecule has 114 valence electrons. The number of rotatable bonds is 6. The van der Waals surface area contributed by atoms with E-state index in [1.165, 1.54) is 6.07 Å². The van der Waals surface area contributed by atoms with Crippen molar-refractivity contribution in [2.45, 2.75) is 39.8 Å². The van der Waals surface area contributed by atoms with Gasteiger partial charge < -0.3 is 10.1 Å². The third-order valence-electron chi connectivity index (χ3n) is 3.29. The minimum Gasteiger partial charge on any atom is -0.454 e. The molecule has 1 heterocycles. The molecule has 0 saturated carbocycles. The lowest BCUT2D eigenvalue weighted by Crippen LogP contribution is -2.19. The summed E-state index contributed by atoms with van der Waals surface area (Å²) in [5, 5.41) is 7.44. The van der Waals surface area contributed by atoms with Gasteiger partial charge in [0.1, 0.15) is 11.6 Å². The Bertz CT molecular complexity index is 595. The predicted molar refractivity (Wildman–Crippen MR) is 81.2 cm³/mol. The van der Waals surface area contributed by atoms with Gasteiger partial charge in [-0.25, -0.2) is 4.39 Å². The monoisotopic (exact) mass is 291 g/mol. The molecule has 1 aromatic heterocycles. The lowest BCUT2D eigenvalue weighted by molar-refractivity contribution is 0.446. The second kappa shape index (κ2) is 6.72. The number of aromatic nitrogens is 2. The Labute approximate surface area is 124 Å². The average Bonchev–Trinajstić information content (AvgIpc) is 2.88. The van der Waals surface area contributed by atoms with Crippen LogP contribution in [0.15, 0.2) is 30.6 Å². The molecule has 0 aliphatic rings. The Morgan fingerprint density at radius 2 is 2.10 bits per heavy atom. The first-order valence-corrected chi connectivity index (χ1v) is 7.26. The van der Waals surface area contributed by atoms with Crippen LogP contribution >= 0.6 is 0 Å². The summed E-state index contributed by atoms with van der Waals surface area (Å²) < 4.78 is 21.8. The van der Waals surface area contributed by atoms with Crippen LogP contribution in [-0.4, -0.2) is 16.3 Å². The van der Waals surface area contributed by atoms with Gasteiger partial charge in [-0.05, 0) is 39.4 Å². The molecule has 5 heteroatoms. The number of nitrogens with one attached hydrogen (secondary N) is 1. The molecule has 0 aliphatic heterocycles. The van der Waals surface area contributed by atoms with Crippen LogP contribution in [-0.2, 0) is 0 Å². The van der Waals surface area contributed by atoms with E-state index < -0.39 is 0 Å². The summed E-state index contributed by atoms with van der Waals surface area (Å²) >= 11 is 0. The fraction of sp³-hybridized carbons (Fsp3) is 0.438. The summed E-state index contributed by atoms with van der Waals surface area (Å²) in [5.41, 5.74) is 0.539. The fourth-order valence-electron chi connectivity index (χ4n) is 2.22. The van der Waals surface area contributed by atoms with Gasteiger partial charge >= 0.3 is 0 Å². The molecule has 1 unspecified atom stereocenters. The second-order valence-electron chi connectivity index (χ2n) is 5.28. The first-order valence-electron chi connectivity index (χ1n) is 7.26. The van der Waals surface area contributed by atoms with Crippen LogP contribution in [0.5, 0.6) is 11.5 Å². The molecular weight excluding hydrogens is 269 g/mol. The lowest BCUT2D eigenvalue weighted by Gasteiger charge is -2.17. The summed E-state index contributed by atoms with van der Waals surface area (Å²) in [6, 6.07) is 5.02. The highest BCUT2D eigenvalue weighted by molar-refractivity contribution is 5.39. The summed E-state index contributed by atoms with van der Waals surface area (Å²) in [4.78, 5) is 0. The average molecular weight is 291 g/mol. The van der Waals surface area contributed by atoms with Crippen molar-refractivity contribution < 1.29 is 9.13 Å². The van der Waals surface area contributed by atoms with Gasteiger partial charge in [-0.1, -0.05) is 13.0 Å². The van der Waals surface area contributed by atoms with Gasteiger partial charge in [-0.2, -0.15) is 5.10 Å². The fourth-order valence-corrected chi connectivity index (χ4v) is 2.22. The molecule has 0 radical (unpaired) electrons. The first kappa shape index (κ1) is 15.5. The molecule has 0 spiro atoms. The van der Waals surface area contributed by atoms with Gasteiger partial charge in [-0.15, -0.1) is 0 Å². The van der Waals surface area contributed by atoms with Crippen LogP contribution in [0.1, 0.15) is 45.3 Å². The highest BCUT2D eigenvalue weighted by atomic mass is 19.1. The van der Waals surface area contributed by atoms with Crippen molar-refractivity contribution in [2.75, 3.05) is 6.54 Å². The van der Waals surface area contributed by atoms with Crippen LogP contribution in [0.3, 0.4) is 0 Å². The standard InChI is InChI=1S/C16H22FN3O/c1-5-18-12(4)16-14(17)7-6-8-15(16)21-13-9-19-20(10-13)11(2)3/h6-12,18H,5H2,1-4H3. The smallest absolute Gasteiger partial charge is 0.165 e. The molecule has 0 amide bonds. The zero-order valence-electron chi connectivity index (χ0n) is 12.9. The van der Waals surface area contributed by atoms with Gasteiger partial charge in [0, 0.05) is 17.6 Å². The molecule has 1 aromatic carbocycles. The van der Waals surface area contributed by atoms with Crippen molar-refractivity contribution >= 4 is 0 Å². The molecule has 2 rings (SSSR count). The van der Waals surface area contributed by atoms with E-state index in [4.69, 9.17) is 4.74 Å². The van der Waals surface area contributed by atoms with E-state index in [0.29, 0.717) is 17.1 Å². The second-order valence-corrected chi connectivity index (χ2v) is 5.28. The normalized spacial score (nSPS) is 12.7. The number of hydrogen-bond donors (Lipinski definition) is 1. The topological polar surface area (TPSA) is 39.1 Å². The van der Waals surface area contributed by atoms with Crippen LogP contribution in [0, 0.1) is 5.82 Å². The maximum absolute atomic E-state index is 14.1. The van der Waals surface area contributed by atoms with E-state index in [-0.39, 0.29) is 17.9 Å². The van der Waals surface area contributed by atoms with Gasteiger partial charge in [0.2, 0.25) is 0 Å². The molecule has 1 atom stereocenters. The molecule has 0 fully saturated rings. The van der Waals surface area contributed by atoms with Crippen molar-refractivity contribution in [2.24, 2.45) is 0 Å². The van der Waals surface area contributed by atoms with E-state index in [1.807, 2.05) is 38.6 Å². The van der Waals surface area contributed by atoms with E-state index >= 15 is 0 Å². The Balaban J connectivity index is 2.28. The Morgan fingerprint density at radius 1 is 1.33 bits per heavy atom. The van der Waals surface area contributed by atoms with Crippen molar-refractivity contribution in [3.63, 3.8) is 0 Å². The Morgan fingerprint density at radius 3 is 2.71 bits per heavy atom. The van der Waals surface area contributed by atoms with Crippen molar-refractivity contribution in [1.82, 2.24) is 15.1 Å². The van der Waals surface area contributed by atoms with E-state index in [0.717, 1.165) is 6.54 Å². The number of hydrogen-bond acceptors (Lipinski definition) is 3. The zero-order chi connectivity index (χ0) is 15.4. The molecule has 2 aromatic rings. The number of halogens is 1. The highest BCUT2D eigenvalue weighted by Gasteiger charge is 2.17.